The molecule has 0 unspecified atom stereocenters. The number of nitrogens with two attached hydrogens (primary N) is 1. The molecule has 174 valence electrons. The summed E-state index contributed by atoms with van der Waals surface area (Å²) in [5.41, 5.74) is 6.96. The summed E-state index contributed by atoms with van der Waals surface area (Å²) >= 11 is 0. The van der Waals surface area contributed by atoms with Crippen molar-refractivity contribution in [2.24, 2.45) is 5.73 Å². The summed E-state index contributed by atoms with van der Waals surface area (Å²) in [5.74, 6) is -1.22. The molecule has 0 heterocycles. The van der Waals surface area contributed by atoms with Crippen molar-refractivity contribution in [3.63, 3.8) is 0 Å². The molecule has 32 heavy (non-hydrogen) atoms. The molecule has 0 aromatic heterocycles. The van der Waals surface area contributed by atoms with Crippen molar-refractivity contribution < 1.29 is 27.5 Å². The molecule has 2 aromatic carbocycles. The normalized spacial score (nSPS) is 12.7. The molecule has 2 rings (SSSR count). The molecule has 2 aromatic rings. The number of carbonyl (C=O) groups excluding carboxylic acids is 2. The molecule has 0 saturated carbocycles. The first-order valence-corrected chi connectivity index (χ1v) is 11.9. The fraction of sp³-hybridized carbons (Fsp3) is 0.391. The monoisotopic (exact) mass is 462 g/mol. The Balaban J connectivity index is 2.22. The van der Waals surface area contributed by atoms with Crippen molar-refractivity contribution in [2.75, 3.05) is 17.6 Å². The van der Waals surface area contributed by atoms with E-state index in [1.165, 1.54) is 25.2 Å². The quantitative estimate of drug-likeness (QED) is 0.600. The number of ether oxygens (including phenoxy) is 2. The molecule has 0 amide bonds. The Morgan fingerprint density at radius 3 is 2.25 bits per heavy atom. The van der Waals surface area contributed by atoms with Crippen molar-refractivity contribution >= 4 is 27.6 Å². The topological polar surface area (TPSA) is 116 Å². The van der Waals surface area contributed by atoms with Crippen LogP contribution in [0.2, 0.25) is 0 Å². The molecule has 0 aliphatic rings. The number of benzene rings is 2. The number of hydrogen-bond acceptors (Lipinski definition) is 7. The zero-order chi connectivity index (χ0) is 24.1. The third-order valence-electron chi connectivity index (χ3n) is 4.46. The highest BCUT2D eigenvalue weighted by atomic mass is 32.2. The van der Waals surface area contributed by atoms with Gasteiger partial charge in [-0.3, -0.25) is 9.10 Å². The van der Waals surface area contributed by atoms with E-state index in [1.807, 2.05) is 30.3 Å². The summed E-state index contributed by atoms with van der Waals surface area (Å²) in [7, 11) is -2.21. The van der Waals surface area contributed by atoms with Crippen LogP contribution in [0.3, 0.4) is 0 Å². The Morgan fingerprint density at radius 2 is 1.69 bits per heavy atom. The lowest BCUT2D eigenvalue weighted by molar-refractivity contribution is -0.146. The van der Waals surface area contributed by atoms with Gasteiger partial charge in [0.15, 0.2) is 0 Å². The number of carbonyl (C=O) groups is 2. The molecule has 2 N–H and O–H groups in total. The highest BCUT2D eigenvalue weighted by molar-refractivity contribution is 7.92. The smallest absolute Gasteiger partial charge is 0.338 e. The Kier molecular flexibility index (Phi) is 8.03. The number of rotatable bonds is 8. The summed E-state index contributed by atoms with van der Waals surface area (Å²) in [5, 5.41) is 0. The van der Waals surface area contributed by atoms with Crippen molar-refractivity contribution in [3.8, 4) is 0 Å². The summed E-state index contributed by atoms with van der Waals surface area (Å²) < 4.78 is 35.7. The van der Waals surface area contributed by atoms with E-state index in [1.54, 1.807) is 20.8 Å². The van der Waals surface area contributed by atoms with Gasteiger partial charge >= 0.3 is 11.9 Å². The van der Waals surface area contributed by atoms with E-state index in [9.17, 15) is 18.0 Å². The highest BCUT2D eigenvalue weighted by Crippen LogP contribution is 2.23. The minimum absolute atomic E-state index is 0.146. The molecule has 0 fully saturated rings. The van der Waals surface area contributed by atoms with Crippen molar-refractivity contribution in [3.05, 3.63) is 65.2 Å². The number of nitrogens with zero attached hydrogens (tertiary/aromatic N) is 1. The number of hydrogen-bond donors (Lipinski definition) is 1. The number of sulfonamides is 1. The van der Waals surface area contributed by atoms with Gasteiger partial charge in [-0.05, 0) is 56.5 Å². The van der Waals surface area contributed by atoms with Crippen molar-refractivity contribution in [1.29, 1.82) is 0 Å². The van der Waals surface area contributed by atoms with Crippen LogP contribution in [0.4, 0.5) is 5.69 Å². The average molecular weight is 463 g/mol. The first kappa shape index (κ1) is 25.4. The maximum atomic E-state index is 12.6. The second-order valence-electron chi connectivity index (χ2n) is 8.52. The zero-order valence-electron chi connectivity index (χ0n) is 19.0. The zero-order valence-corrected chi connectivity index (χ0v) is 19.8. The average Bonchev–Trinajstić information content (AvgIpc) is 2.70. The van der Waals surface area contributed by atoms with Gasteiger partial charge in [-0.2, -0.15) is 0 Å². The van der Waals surface area contributed by atoms with Crippen LogP contribution in [0.25, 0.3) is 0 Å². The third kappa shape index (κ3) is 7.65. The molecule has 0 bridgehead atoms. The van der Waals surface area contributed by atoms with Gasteiger partial charge in [-0.25, -0.2) is 13.2 Å². The van der Waals surface area contributed by atoms with E-state index in [-0.39, 0.29) is 17.9 Å². The molecular weight excluding hydrogens is 432 g/mol. The molecule has 0 spiro atoms. The largest absolute Gasteiger partial charge is 0.460 e. The van der Waals surface area contributed by atoms with E-state index in [0.29, 0.717) is 12.0 Å². The second-order valence-corrected chi connectivity index (χ2v) is 10.5. The van der Waals surface area contributed by atoms with E-state index >= 15 is 0 Å². The molecule has 0 saturated heterocycles. The van der Waals surface area contributed by atoms with Crippen LogP contribution in [0.15, 0.2) is 48.5 Å². The molecule has 0 radical (unpaired) electrons. The SMILES string of the molecule is CN(c1cc(COC(=O)[C@@H](N)Cc2ccccc2)cc(C(=O)OC(C)(C)C)c1)S(C)(=O)=O. The Labute approximate surface area is 189 Å². The van der Waals surface area contributed by atoms with E-state index in [4.69, 9.17) is 15.2 Å². The van der Waals surface area contributed by atoms with Gasteiger partial charge in [0.2, 0.25) is 10.0 Å². The lowest BCUT2D eigenvalue weighted by Crippen LogP contribution is -2.34. The molecule has 9 heteroatoms. The fourth-order valence-electron chi connectivity index (χ4n) is 2.80. The molecule has 8 nitrogen and oxygen atoms in total. The Bertz CT molecular complexity index is 1060. The van der Waals surface area contributed by atoms with Crippen molar-refractivity contribution in [2.45, 2.75) is 45.4 Å². The van der Waals surface area contributed by atoms with Gasteiger partial charge in [-0.15, -0.1) is 0 Å². The minimum atomic E-state index is -3.58. The number of esters is 2. The number of anilines is 1. The summed E-state index contributed by atoms with van der Waals surface area (Å²) in [6.07, 6.45) is 1.37. The van der Waals surface area contributed by atoms with Gasteiger partial charge in [0.05, 0.1) is 17.5 Å². The fourth-order valence-corrected chi connectivity index (χ4v) is 3.29. The van der Waals surface area contributed by atoms with Crippen molar-refractivity contribution in [1.82, 2.24) is 0 Å². The van der Waals surface area contributed by atoms with Gasteiger partial charge in [-0.1, -0.05) is 30.3 Å². The maximum Gasteiger partial charge on any atom is 0.338 e. The van der Waals surface area contributed by atoms with E-state index in [0.717, 1.165) is 16.1 Å². The van der Waals surface area contributed by atoms with Gasteiger partial charge in [0, 0.05) is 7.05 Å². The lowest BCUT2D eigenvalue weighted by Gasteiger charge is -2.22. The third-order valence-corrected chi connectivity index (χ3v) is 5.66. The van der Waals surface area contributed by atoms with Crippen LogP contribution in [0, 0.1) is 0 Å². The van der Waals surface area contributed by atoms with E-state index in [2.05, 4.69) is 0 Å². The van der Waals surface area contributed by atoms with Gasteiger partial charge in [0.1, 0.15) is 18.2 Å². The Morgan fingerprint density at radius 1 is 1.06 bits per heavy atom. The molecular formula is C23H30N2O6S. The maximum absolute atomic E-state index is 12.6. The summed E-state index contributed by atoms with van der Waals surface area (Å²) in [6, 6.07) is 12.9. The van der Waals surface area contributed by atoms with Gasteiger partial charge in [0.25, 0.3) is 0 Å². The molecule has 0 aliphatic heterocycles. The van der Waals surface area contributed by atoms with Crippen LogP contribution in [0.1, 0.15) is 42.3 Å². The minimum Gasteiger partial charge on any atom is -0.460 e. The summed E-state index contributed by atoms with van der Waals surface area (Å²) in [6.45, 7) is 5.01. The predicted molar refractivity (Wildman–Crippen MR) is 123 cm³/mol. The molecule has 0 aliphatic carbocycles. The van der Waals surface area contributed by atoms with E-state index < -0.39 is 33.6 Å². The standard InChI is InChI=1S/C23H30N2O6S/c1-23(2,3)31-21(26)18-11-17(12-19(14-18)25(4)32(5,28)29)15-30-22(27)20(24)13-16-9-7-6-8-10-16/h6-12,14,20H,13,15,24H2,1-5H3/t20-/m0/s1. The van der Waals surface area contributed by atoms with Crippen LogP contribution in [-0.4, -0.2) is 45.3 Å². The summed E-state index contributed by atoms with van der Waals surface area (Å²) in [4.78, 5) is 24.9. The van der Waals surface area contributed by atoms with Crippen LogP contribution >= 0.6 is 0 Å². The second kappa shape index (κ2) is 10.1. The van der Waals surface area contributed by atoms with Crippen LogP contribution in [-0.2, 0) is 37.3 Å². The highest BCUT2D eigenvalue weighted by Gasteiger charge is 2.22. The molecule has 1 atom stereocenters. The first-order valence-electron chi connectivity index (χ1n) is 10.0. The Hall–Kier alpha value is -2.91. The first-order chi connectivity index (χ1) is 14.8. The van der Waals surface area contributed by atoms with Crippen LogP contribution < -0.4 is 10.0 Å². The predicted octanol–water partition coefficient (Wildman–Crippen LogP) is 2.65. The lowest BCUT2D eigenvalue weighted by atomic mass is 10.1. The van der Waals surface area contributed by atoms with Crippen LogP contribution in [0.5, 0.6) is 0 Å². The van der Waals surface area contributed by atoms with Gasteiger partial charge < -0.3 is 15.2 Å².